The van der Waals surface area contributed by atoms with Crippen LogP contribution < -0.4 is 5.32 Å². The number of hydrogen-bond donors (Lipinski definition) is 1. The number of carbonyl (C=O) groups is 1. The first-order valence-electron chi connectivity index (χ1n) is 6.59. The fourth-order valence-electron chi connectivity index (χ4n) is 1.60. The summed E-state index contributed by atoms with van der Waals surface area (Å²) in [6, 6.07) is 7.78. The molecule has 1 unspecified atom stereocenters. The smallest absolute Gasteiger partial charge is 0.237 e. The molecular formula is C14H17N3OS3. The van der Waals surface area contributed by atoms with Gasteiger partial charge in [-0.25, -0.2) is 0 Å². The summed E-state index contributed by atoms with van der Waals surface area (Å²) < 4.78 is 1.78. The van der Waals surface area contributed by atoms with Gasteiger partial charge in [0.25, 0.3) is 0 Å². The topological polar surface area (TPSA) is 54.9 Å². The van der Waals surface area contributed by atoms with Gasteiger partial charge in [-0.05, 0) is 37.3 Å². The molecule has 21 heavy (non-hydrogen) atoms. The van der Waals surface area contributed by atoms with Gasteiger partial charge >= 0.3 is 0 Å². The molecule has 0 saturated carbocycles. The monoisotopic (exact) mass is 339 g/mol. The second kappa shape index (κ2) is 7.82. The predicted octanol–water partition coefficient (Wildman–Crippen LogP) is 4.08. The number of aryl methyl sites for hydroxylation is 1. The largest absolute Gasteiger partial charge is 0.325 e. The van der Waals surface area contributed by atoms with Crippen molar-refractivity contribution in [3.63, 3.8) is 0 Å². The van der Waals surface area contributed by atoms with Crippen molar-refractivity contribution in [1.29, 1.82) is 0 Å². The maximum absolute atomic E-state index is 12.2. The van der Waals surface area contributed by atoms with Crippen LogP contribution in [0.25, 0.3) is 0 Å². The average Bonchev–Trinajstić information content (AvgIpc) is 2.86. The fraction of sp³-hybridized carbons (Fsp3) is 0.357. The van der Waals surface area contributed by atoms with Crippen molar-refractivity contribution in [1.82, 2.24) is 10.2 Å². The van der Waals surface area contributed by atoms with Gasteiger partial charge in [-0.1, -0.05) is 53.9 Å². The molecule has 1 amide bonds. The molecule has 1 aromatic carbocycles. The lowest BCUT2D eigenvalue weighted by molar-refractivity contribution is -0.115. The minimum atomic E-state index is -0.210. The fourth-order valence-corrected chi connectivity index (χ4v) is 4.66. The zero-order chi connectivity index (χ0) is 15.2. The highest BCUT2D eigenvalue weighted by atomic mass is 32.2. The highest BCUT2D eigenvalue weighted by Crippen LogP contribution is 2.31. The van der Waals surface area contributed by atoms with Crippen LogP contribution >= 0.6 is 34.9 Å². The number of nitrogens with zero attached hydrogens (tertiary/aromatic N) is 2. The number of rotatable bonds is 6. The van der Waals surface area contributed by atoms with E-state index in [0.29, 0.717) is 0 Å². The van der Waals surface area contributed by atoms with E-state index in [1.54, 1.807) is 11.8 Å². The van der Waals surface area contributed by atoms with Gasteiger partial charge in [0.15, 0.2) is 8.68 Å². The third-order valence-electron chi connectivity index (χ3n) is 2.59. The second-order valence-electron chi connectivity index (χ2n) is 4.39. The first-order chi connectivity index (χ1) is 10.1. The minimum absolute atomic E-state index is 0.0227. The van der Waals surface area contributed by atoms with E-state index in [1.807, 2.05) is 38.1 Å². The van der Waals surface area contributed by atoms with Gasteiger partial charge < -0.3 is 5.32 Å². The first-order valence-corrected chi connectivity index (χ1v) is 9.27. The van der Waals surface area contributed by atoms with Crippen molar-refractivity contribution in [2.24, 2.45) is 0 Å². The molecule has 0 radical (unpaired) electrons. The average molecular weight is 340 g/mol. The Labute approximate surface area is 137 Å². The summed E-state index contributed by atoms with van der Waals surface area (Å²) in [4.78, 5) is 12.2. The van der Waals surface area contributed by atoms with Crippen LogP contribution in [0.15, 0.2) is 32.9 Å². The molecule has 4 nitrogen and oxygen atoms in total. The summed E-state index contributed by atoms with van der Waals surface area (Å²) in [6.07, 6.45) is 0. The molecule has 0 spiro atoms. The Morgan fingerprint density at radius 1 is 1.38 bits per heavy atom. The Morgan fingerprint density at radius 2 is 2.14 bits per heavy atom. The van der Waals surface area contributed by atoms with Gasteiger partial charge in [0.2, 0.25) is 5.91 Å². The Morgan fingerprint density at radius 3 is 2.86 bits per heavy atom. The highest BCUT2D eigenvalue weighted by molar-refractivity contribution is 8.03. The number of aromatic nitrogens is 2. The molecule has 0 fully saturated rings. The molecule has 0 aliphatic carbocycles. The van der Waals surface area contributed by atoms with E-state index in [9.17, 15) is 4.79 Å². The van der Waals surface area contributed by atoms with Gasteiger partial charge in [-0.2, -0.15) is 0 Å². The molecule has 1 atom stereocenters. The SMILES string of the molecule is CCSc1nnc(SC(C)C(=O)Nc2cccc(C)c2)s1. The van der Waals surface area contributed by atoms with Gasteiger partial charge in [-0.15, -0.1) is 10.2 Å². The van der Waals surface area contributed by atoms with E-state index in [2.05, 4.69) is 22.4 Å². The number of amides is 1. The minimum Gasteiger partial charge on any atom is -0.325 e. The number of anilines is 1. The summed E-state index contributed by atoms with van der Waals surface area (Å²) >= 11 is 4.64. The number of thioether (sulfide) groups is 2. The summed E-state index contributed by atoms with van der Waals surface area (Å²) in [5.74, 6) is 0.952. The molecule has 2 aromatic rings. The summed E-state index contributed by atoms with van der Waals surface area (Å²) in [7, 11) is 0. The van der Waals surface area contributed by atoms with Crippen LogP contribution in [0.2, 0.25) is 0 Å². The number of nitrogens with one attached hydrogen (secondary N) is 1. The standard InChI is InChI=1S/C14H17N3OS3/c1-4-19-13-16-17-14(21-13)20-10(3)12(18)15-11-7-5-6-9(2)8-11/h5-8,10H,4H2,1-3H3,(H,15,18). The van der Waals surface area contributed by atoms with Crippen molar-refractivity contribution in [2.75, 3.05) is 11.1 Å². The molecule has 0 bridgehead atoms. The van der Waals surface area contributed by atoms with Gasteiger partial charge in [0.05, 0.1) is 5.25 Å². The lowest BCUT2D eigenvalue weighted by Gasteiger charge is -2.10. The van der Waals surface area contributed by atoms with E-state index in [4.69, 9.17) is 0 Å². The van der Waals surface area contributed by atoms with Crippen LogP contribution in [-0.2, 0) is 4.79 Å². The second-order valence-corrected chi connectivity index (χ2v) is 8.46. The van der Waals surface area contributed by atoms with Crippen LogP contribution in [0.3, 0.4) is 0 Å². The Bertz CT molecular complexity index is 615. The molecule has 0 aliphatic rings. The molecule has 1 heterocycles. The number of benzene rings is 1. The van der Waals surface area contributed by atoms with Crippen LogP contribution in [0.4, 0.5) is 5.69 Å². The third kappa shape index (κ3) is 5.01. The lowest BCUT2D eigenvalue weighted by Crippen LogP contribution is -2.22. The highest BCUT2D eigenvalue weighted by Gasteiger charge is 2.17. The zero-order valence-corrected chi connectivity index (χ0v) is 14.6. The number of hydrogen-bond acceptors (Lipinski definition) is 6. The van der Waals surface area contributed by atoms with Crippen molar-refractivity contribution >= 4 is 46.5 Å². The first kappa shape index (κ1) is 16.3. The molecule has 0 aliphatic heterocycles. The number of carbonyl (C=O) groups excluding carboxylic acids is 1. The Balaban J connectivity index is 1.92. The Hall–Kier alpha value is -1.05. The van der Waals surface area contributed by atoms with Gasteiger partial charge in [0.1, 0.15) is 0 Å². The van der Waals surface area contributed by atoms with Crippen LogP contribution in [-0.4, -0.2) is 27.1 Å². The van der Waals surface area contributed by atoms with E-state index >= 15 is 0 Å². The molecular weight excluding hydrogens is 322 g/mol. The van der Waals surface area contributed by atoms with Gasteiger partial charge in [0, 0.05) is 5.69 Å². The maximum Gasteiger partial charge on any atom is 0.237 e. The lowest BCUT2D eigenvalue weighted by atomic mass is 10.2. The van der Waals surface area contributed by atoms with Gasteiger partial charge in [-0.3, -0.25) is 4.79 Å². The van der Waals surface area contributed by atoms with E-state index in [-0.39, 0.29) is 11.2 Å². The summed E-state index contributed by atoms with van der Waals surface area (Å²) in [5, 5.41) is 10.9. The maximum atomic E-state index is 12.2. The quantitative estimate of drug-likeness (QED) is 0.804. The van der Waals surface area contributed by atoms with Crippen molar-refractivity contribution in [3.05, 3.63) is 29.8 Å². The molecule has 0 saturated heterocycles. The predicted molar refractivity (Wildman–Crippen MR) is 91.4 cm³/mol. The normalized spacial score (nSPS) is 12.1. The van der Waals surface area contributed by atoms with E-state index in [0.717, 1.165) is 25.7 Å². The molecule has 1 N–H and O–H groups in total. The molecule has 1 aromatic heterocycles. The van der Waals surface area contributed by atoms with Crippen LogP contribution in [0, 0.1) is 6.92 Å². The molecule has 112 valence electrons. The van der Waals surface area contributed by atoms with Crippen LogP contribution in [0.1, 0.15) is 19.4 Å². The zero-order valence-electron chi connectivity index (χ0n) is 12.1. The van der Waals surface area contributed by atoms with E-state index < -0.39 is 0 Å². The van der Waals surface area contributed by atoms with Crippen LogP contribution in [0.5, 0.6) is 0 Å². The summed E-state index contributed by atoms with van der Waals surface area (Å²) in [6.45, 7) is 5.96. The van der Waals surface area contributed by atoms with Crippen molar-refractivity contribution in [3.8, 4) is 0 Å². The molecule has 7 heteroatoms. The van der Waals surface area contributed by atoms with Crippen molar-refractivity contribution < 1.29 is 4.79 Å². The summed E-state index contributed by atoms with van der Waals surface area (Å²) in [5.41, 5.74) is 1.95. The molecule has 2 rings (SSSR count). The van der Waals surface area contributed by atoms with E-state index in [1.165, 1.54) is 23.1 Å². The Kier molecular flexibility index (Phi) is 6.08. The third-order valence-corrected chi connectivity index (χ3v) is 5.71. The van der Waals surface area contributed by atoms with Crippen molar-refractivity contribution in [2.45, 2.75) is 34.7 Å².